The fourth-order valence-corrected chi connectivity index (χ4v) is 1.71. The number of carbonyl (C=O) groups is 1. The third-order valence-electron chi connectivity index (χ3n) is 2.21. The summed E-state index contributed by atoms with van der Waals surface area (Å²) >= 11 is 11.4. The lowest BCUT2D eigenvalue weighted by atomic mass is 10.2. The Morgan fingerprint density at radius 3 is 2.53 bits per heavy atom. The zero-order chi connectivity index (χ0) is 14.0. The van der Waals surface area contributed by atoms with Crippen molar-refractivity contribution < 1.29 is 14.1 Å². The van der Waals surface area contributed by atoms with Crippen LogP contribution in [0.2, 0.25) is 10.2 Å². The summed E-state index contributed by atoms with van der Waals surface area (Å²) in [7, 11) is 0. The Kier molecular flexibility index (Phi) is 3.73. The molecule has 2 aromatic rings. The number of anilines is 1. The van der Waals surface area contributed by atoms with E-state index < -0.39 is 10.8 Å². The average Bonchev–Trinajstić information content (AvgIpc) is 2.78. The lowest BCUT2D eigenvalue weighted by Gasteiger charge is -2.05. The summed E-state index contributed by atoms with van der Waals surface area (Å²) in [6.45, 7) is 0. The summed E-state index contributed by atoms with van der Waals surface area (Å²) in [5, 5.41) is 13.1. The van der Waals surface area contributed by atoms with Crippen LogP contribution in [0, 0.1) is 10.1 Å². The Bertz CT molecular complexity index is 654. The number of benzene rings is 1. The van der Waals surface area contributed by atoms with Crippen molar-refractivity contribution in [3.8, 4) is 0 Å². The maximum atomic E-state index is 11.7. The second-order valence-electron chi connectivity index (χ2n) is 3.48. The monoisotopic (exact) mass is 300 g/mol. The maximum absolute atomic E-state index is 11.7. The first-order valence-electron chi connectivity index (χ1n) is 4.98. The Hall–Kier alpha value is -2.05. The minimum absolute atomic E-state index is 0.0134. The van der Waals surface area contributed by atoms with Gasteiger partial charge in [-0.3, -0.25) is 14.9 Å². The van der Waals surface area contributed by atoms with Crippen molar-refractivity contribution in [3.05, 3.63) is 56.4 Å². The number of amides is 1. The van der Waals surface area contributed by atoms with Gasteiger partial charge in [-0.05, 0) is 29.8 Å². The van der Waals surface area contributed by atoms with Gasteiger partial charge in [-0.2, -0.15) is 0 Å². The lowest BCUT2D eigenvalue weighted by Crippen LogP contribution is -2.11. The second-order valence-corrected chi connectivity index (χ2v) is 4.26. The highest BCUT2D eigenvalue weighted by molar-refractivity contribution is 6.34. The lowest BCUT2D eigenvalue weighted by molar-refractivity contribution is -0.384. The summed E-state index contributed by atoms with van der Waals surface area (Å²) < 4.78 is 4.92. The number of nitro benzene ring substituents is 1. The molecule has 6 nitrogen and oxygen atoms in total. The van der Waals surface area contributed by atoms with E-state index in [1.807, 2.05) is 0 Å². The summed E-state index contributed by atoms with van der Waals surface area (Å²) in [6.07, 6.45) is 0. The fourth-order valence-electron chi connectivity index (χ4n) is 1.34. The van der Waals surface area contributed by atoms with Crippen LogP contribution in [0.25, 0.3) is 0 Å². The molecule has 0 aliphatic heterocycles. The predicted octanol–water partition coefficient (Wildman–Crippen LogP) is 3.75. The average molecular weight is 301 g/mol. The zero-order valence-corrected chi connectivity index (χ0v) is 10.7. The van der Waals surface area contributed by atoms with Crippen LogP contribution in [-0.2, 0) is 0 Å². The predicted molar refractivity (Wildman–Crippen MR) is 69.8 cm³/mol. The van der Waals surface area contributed by atoms with Gasteiger partial charge in [-0.15, -0.1) is 0 Å². The minimum atomic E-state index is -0.580. The first-order valence-corrected chi connectivity index (χ1v) is 5.73. The number of hydrogen-bond donors (Lipinski definition) is 1. The number of nitro groups is 1. The van der Waals surface area contributed by atoms with E-state index in [2.05, 4.69) is 5.32 Å². The number of carbonyl (C=O) groups excluding carboxylic acids is 1. The van der Waals surface area contributed by atoms with Gasteiger partial charge in [0.2, 0.25) is 0 Å². The third kappa shape index (κ3) is 3.04. The summed E-state index contributed by atoms with van der Waals surface area (Å²) in [6, 6.07) is 6.54. The van der Waals surface area contributed by atoms with Crippen LogP contribution in [-0.4, -0.2) is 10.8 Å². The van der Waals surface area contributed by atoms with E-state index in [4.69, 9.17) is 27.6 Å². The number of rotatable bonds is 3. The van der Waals surface area contributed by atoms with E-state index in [0.29, 0.717) is 0 Å². The third-order valence-corrected chi connectivity index (χ3v) is 2.72. The van der Waals surface area contributed by atoms with Crippen LogP contribution < -0.4 is 5.32 Å². The number of nitrogens with one attached hydrogen (secondary N) is 1. The molecule has 0 aliphatic rings. The molecule has 1 amide bonds. The molecule has 0 aliphatic carbocycles. The Morgan fingerprint density at radius 2 is 2.00 bits per heavy atom. The fraction of sp³-hybridized carbons (Fsp3) is 0. The molecular weight excluding hydrogens is 295 g/mol. The topological polar surface area (TPSA) is 85.4 Å². The van der Waals surface area contributed by atoms with Crippen LogP contribution in [0.15, 0.2) is 34.7 Å². The SMILES string of the molecule is O=C(Nc1ccc([N+](=O)[O-])cc1Cl)c1ccc(Cl)o1. The normalized spacial score (nSPS) is 10.2. The van der Waals surface area contributed by atoms with Crippen LogP contribution in [0.5, 0.6) is 0 Å². The van der Waals surface area contributed by atoms with Gasteiger partial charge in [0.05, 0.1) is 15.6 Å². The minimum Gasteiger partial charge on any atom is -0.440 e. The van der Waals surface area contributed by atoms with Gasteiger partial charge < -0.3 is 9.73 Å². The highest BCUT2D eigenvalue weighted by Gasteiger charge is 2.14. The Labute approximate surface area is 117 Å². The Balaban J connectivity index is 2.20. The van der Waals surface area contributed by atoms with Gasteiger partial charge in [0.25, 0.3) is 11.6 Å². The maximum Gasteiger partial charge on any atom is 0.291 e. The molecule has 0 saturated carbocycles. The molecule has 0 unspecified atom stereocenters. The first kappa shape index (κ1) is 13.4. The molecule has 0 spiro atoms. The van der Waals surface area contributed by atoms with E-state index >= 15 is 0 Å². The molecule has 0 radical (unpaired) electrons. The van der Waals surface area contributed by atoms with Gasteiger partial charge in [-0.25, -0.2) is 0 Å². The highest BCUT2D eigenvalue weighted by Crippen LogP contribution is 2.27. The van der Waals surface area contributed by atoms with Crippen molar-refractivity contribution in [1.82, 2.24) is 0 Å². The Morgan fingerprint density at radius 1 is 1.26 bits per heavy atom. The molecule has 2 rings (SSSR count). The zero-order valence-electron chi connectivity index (χ0n) is 9.22. The molecular formula is C11H6Cl2N2O4. The molecule has 1 aromatic carbocycles. The highest BCUT2D eigenvalue weighted by atomic mass is 35.5. The number of non-ortho nitro benzene ring substituents is 1. The van der Waals surface area contributed by atoms with Crippen molar-refractivity contribution in [2.24, 2.45) is 0 Å². The van der Waals surface area contributed by atoms with Crippen LogP contribution in [0.3, 0.4) is 0 Å². The van der Waals surface area contributed by atoms with Crippen molar-refractivity contribution >= 4 is 40.5 Å². The van der Waals surface area contributed by atoms with Crippen molar-refractivity contribution in [2.75, 3.05) is 5.32 Å². The smallest absolute Gasteiger partial charge is 0.291 e. The van der Waals surface area contributed by atoms with E-state index in [-0.39, 0.29) is 27.4 Å². The summed E-state index contributed by atoms with van der Waals surface area (Å²) in [4.78, 5) is 21.7. The number of hydrogen-bond acceptors (Lipinski definition) is 4. The molecule has 0 bridgehead atoms. The number of nitrogens with zero attached hydrogens (tertiary/aromatic N) is 1. The molecule has 8 heteroatoms. The molecule has 0 atom stereocenters. The van der Waals surface area contributed by atoms with Gasteiger partial charge in [-0.1, -0.05) is 11.6 Å². The number of furan rings is 1. The van der Waals surface area contributed by atoms with Gasteiger partial charge in [0.1, 0.15) is 0 Å². The van der Waals surface area contributed by atoms with E-state index in [9.17, 15) is 14.9 Å². The van der Waals surface area contributed by atoms with Gasteiger partial charge in [0.15, 0.2) is 11.0 Å². The molecule has 1 N–H and O–H groups in total. The standard InChI is InChI=1S/C11H6Cl2N2O4/c12-7-5-6(15(17)18)1-2-8(7)14-11(16)9-3-4-10(13)19-9/h1-5H,(H,14,16). The van der Waals surface area contributed by atoms with Crippen LogP contribution in [0.4, 0.5) is 11.4 Å². The summed E-state index contributed by atoms with van der Waals surface area (Å²) in [5.74, 6) is -0.540. The van der Waals surface area contributed by atoms with E-state index in [1.165, 1.54) is 24.3 Å². The molecule has 0 fully saturated rings. The van der Waals surface area contributed by atoms with Gasteiger partial charge in [0, 0.05) is 12.1 Å². The molecule has 1 heterocycles. The van der Waals surface area contributed by atoms with E-state index in [1.54, 1.807) is 0 Å². The van der Waals surface area contributed by atoms with Crippen LogP contribution >= 0.6 is 23.2 Å². The van der Waals surface area contributed by atoms with Crippen molar-refractivity contribution in [1.29, 1.82) is 0 Å². The number of halogens is 2. The van der Waals surface area contributed by atoms with Crippen molar-refractivity contribution in [2.45, 2.75) is 0 Å². The van der Waals surface area contributed by atoms with Gasteiger partial charge >= 0.3 is 0 Å². The van der Waals surface area contributed by atoms with E-state index in [0.717, 1.165) is 6.07 Å². The first-order chi connectivity index (χ1) is 8.97. The second kappa shape index (κ2) is 5.29. The molecule has 19 heavy (non-hydrogen) atoms. The molecule has 1 aromatic heterocycles. The molecule has 0 saturated heterocycles. The largest absolute Gasteiger partial charge is 0.440 e. The van der Waals surface area contributed by atoms with Crippen molar-refractivity contribution in [3.63, 3.8) is 0 Å². The summed E-state index contributed by atoms with van der Waals surface area (Å²) in [5.41, 5.74) is 0.0776. The van der Waals surface area contributed by atoms with Crippen LogP contribution in [0.1, 0.15) is 10.6 Å². The quantitative estimate of drug-likeness (QED) is 0.691. The molecule has 98 valence electrons.